The van der Waals surface area contributed by atoms with Crippen molar-refractivity contribution in [1.29, 1.82) is 0 Å². The largest absolute Gasteiger partial charge is 0.347 e. The number of nitrogens with zero attached hydrogens (tertiary/aromatic N) is 4. The molecule has 4 rings (SSSR count). The van der Waals surface area contributed by atoms with Crippen molar-refractivity contribution in [3.63, 3.8) is 0 Å². The van der Waals surface area contributed by atoms with E-state index in [1.165, 1.54) is 0 Å². The first kappa shape index (κ1) is 31.1. The maximum Gasteiger partial charge on any atom is 0.251 e. The molecule has 2 aliphatic heterocycles. The van der Waals surface area contributed by atoms with Crippen molar-refractivity contribution in [2.45, 2.75) is 45.8 Å². The molecule has 2 aromatic rings. The number of carbonyl (C=O) groups is 5. The Labute approximate surface area is 247 Å². The van der Waals surface area contributed by atoms with Crippen LogP contribution in [-0.2, 0) is 41.6 Å². The summed E-state index contributed by atoms with van der Waals surface area (Å²) in [6, 6.07) is 17.9. The SMILES string of the molecule is CCC1(CC)C(=O)N(C(=O)CN(C(=O)Cc2ccccc2)C(=O)Cc2ccccc2)C1OCC(=O)N1CCN(C)CC1. The lowest BCUT2D eigenvalue weighted by Gasteiger charge is -2.53. The first-order chi connectivity index (χ1) is 20.2. The molecule has 0 N–H and O–H groups in total. The third-order valence-corrected chi connectivity index (χ3v) is 8.39. The number of rotatable bonds is 11. The molecule has 2 saturated heterocycles. The predicted octanol–water partition coefficient (Wildman–Crippen LogP) is 2.12. The van der Waals surface area contributed by atoms with Gasteiger partial charge in [0, 0.05) is 26.2 Å². The Bertz CT molecular complexity index is 1220. The highest BCUT2D eigenvalue weighted by Crippen LogP contribution is 2.45. The zero-order valence-corrected chi connectivity index (χ0v) is 24.7. The third-order valence-electron chi connectivity index (χ3n) is 8.39. The van der Waals surface area contributed by atoms with E-state index < -0.39 is 41.8 Å². The number of likely N-dealkylation sites (N-methyl/N-ethyl adjacent to an activating group) is 1. The maximum absolute atomic E-state index is 13.7. The smallest absolute Gasteiger partial charge is 0.251 e. The highest BCUT2D eigenvalue weighted by molar-refractivity contribution is 6.07. The van der Waals surface area contributed by atoms with Crippen molar-refractivity contribution in [3.8, 4) is 0 Å². The molecule has 1 unspecified atom stereocenters. The summed E-state index contributed by atoms with van der Waals surface area (Å²) in [5.41, 5.74) is 0.449. The maximum atomic E-state index is 13.7. The highest BCUT2D eigenvalue weighted by Gasteiger charge is 2.62. The number of piperazine rings is 1. The Morgan fingerprint density at radius 1 is 0.810 bits per heavy atom. The molecule has 42 heavy (non-hydrogen) atoms. The van der Waals surface area contributed by atoms with Gasteiger partial charge in [0.2, 0.25) is 23.6 Å². The number of amides is 5. The molecule has 2 heterocycles. The fourth-order valence-corrected chi connectivity index (χ4v) is 5.57. The van der Waals surface area contributed by atoms with Gasteiger partial charge in [0.1, 0.15) is 13.2 Å². The molecule has 2 aliphatic rings. The van der Waals surface area contributed by atoms with Crippen LogP contribution in [0.2, 0.25) is 0 Å². The molecule has 0 aromatic heterocycles. The van der Waals surface area contributed by atoms with Crippen LogP contribution in [0.15, 0.2) is 60.7 Å². The van der Waals surface area contributed by atoms with E-state index in [1.54, 1.807) is 53.4 Å². The standard InChI is InChI=1S/C32H40N4O6/c1-4-32(5-2)30(41)36(31(32)42-23-29(40)34-18-16-33(3)17-19-34)28(39)22-35(26(37)20-24-12-8-6-9-13-24)27(38)21-25-14-10-7-11-15-25/h6-15,31H,4-5,16-23H2,1-3H3. The van der Waals surface area contributed by atoms with Crippen LogP contribution in [0.4, 0.5) is 0 Å². The normalized spacial score (nSPS) is 18.4. The zero-order valence-electron chi connectivity index (χ0n) is 24.7. The molecule has 2 aromatic carbocycles. The first-order valence-electron chi connectivity index (χ1n) is 14.6. The molecule has 1 atom stereocenters. The summed E-state index contributed by atoms with van der Waals surface area (Å²) in [6.07, 6.45) is -0.267. The van der Waals surface area contributed by atoms with Crippen LogP contribution in [0.25, 0.3) is 0 Å². The summed E-state index contributed by atoms with van der Waals surface area (Å²) in [7, 11) is 2.00. The van der Waals surface area contributed by atoms with E-state index in [9.17, 15) is 24.0 Å². The van der Waals surface area contributed by atoms with Gasteiger partial charge in [-0.1, -0.05) is 74.5 Å². The van der Waals surface area contributed by atoms with E-state index >= 15 is 0 Å². The second-order valence-electron chi connectivity index (χ2n) is 11.0. The van der Waals surface area contributed by atoms with Gasteiger partial charge in [-0.2, -0.15) is 0 Å². The molecule has 0 spiro atoms. The van der Waals surface area contributed by atoms with Crippen LogP contribution in [0.1, 0.15) is 37.8 Å². The lowest BCUT2D eigenvalue weighted by molar-refractivity contribution is -0.224. The van der Waals surface area contributed by atoms with E-state index in [4.69, 9.17) is 4.74 Å². The topological polar surface area (TPSA) is 108 Å². The van der Waals surface area contributed by atoms with Crippen LogP contribution in [0, 0.1) is 5.41 Å². The van der Waals surface area contributed by atoms with Gasteiger partial charge in [-0.15, -0.1) is 0 Å². The van der Waals surface area contributed by atoms with Gasteiger partial charge in [-0.3, -0.25) is 33.8 Å². The quantitative estimate of drug-likeness (QED) is 0.377. The molecule has 10 heteroatoms. The van der Waals surface area contributed by atoms with E-state index in [1.807, 2.05) is 33.0 Å². The molecule has 2 fully saturated rings. The van der Waals surface area contributed by atoms with Crippen LogP contribution < -0.4 is 0 Å². The van der Waals surface area contributed by atoms with Gasteiger partial charge >= 0.3 is 0 Å². The van der Waals surface area contributed by atoms with Crippen LogP contribution in [0.5, 0.6) is 0 Å². The molecule has 5 amide bonds. The number of benzene rings is 2. The van der Waals surface area contributed by atoms with Gasteiger partial charge in [-0.05, 0) is 31.0 Å². The Kier molecular flexibility index (Phi) is 10.2. The minimum absolute atomic E-state index is 0.0735. The molecule has 0 aliphatic carbocycles. The zero-order chi connectivity index (χ0) is 30.3. The van der Waals surface area contributed by atoms with Crippen LogP contribution >= 0.6 is 0 Å². The number of likely N-dealkylation sites (tertiary alicyclic amines) is 1. The van der Waals surface area contributed by atoms with Gasteiger partial charge in [-0.25, -0.2) is 0 Å². The molecular formula is C32H40N4O6. The summed E-state index contributed by atoms with van der Waals surface area (Å²) in [5, 5.41) is 0. The van der Waals surface area contributed by atoms with Crippen molar-refractivity contribution in [2.75, 3.05) is 46.4 Å². The number of hydrogen-bond acceptors (Lipinski definition) is 7. The van der Waals surface area contributed by atoms with Crippen molar-refractivity contribution < 1.29 is 28.7 Å². The molecule has 10 nitrogen and oxygen atoms in total. The average Bonchev–Trinajstić information content (AvgIpc) is 2.99. The third kappa shape index (κ3) is 6.77. The average molecular weight is 577 g/mol. The Morgan fingerprint density at radius 2 is 1.31 bits per heavy atom. The summed E-state index contributed by atoms with van der Waals surface area (Å²) < 4.78 is 6.01. The number of β-lactam (4-membered cyclic amide) rings is 1. The molecule has 0 saturated carbocycles. The van der Waals surface area contributed by atoms with Crippen molar-refractivity contribution >= 4 is 29.5 Å². The van der Waals surface area contributed by atoms with Crippen molar-refractivity contribution in [1.82, 2.24) is 19.6 Å². The Balaban J connectivity index is 1.51. The van der Waals surface area contributed by atoms with E-state index in [0.29, 0.717) is 37.1 Å². The number of carbonyl (C=O) groups excluding carboxylic acids is 5. The van der Waals surface area contributed by atoms with E-state index in [0.717, 1.165) is 22.9 Å². The van der Waals surface area contributed by atoms with Crippen molar-refractivity contribution in [2.24, 2.45) is 5.41 Å². The number of hydrogen-bond donors (Lipinski definition) is 0. The number of ether oxygens (including phenoxy) is 1. The van der Waals surface area contributed by atoms with Crippen LogP contribution in [0.3, 0.4) is 0 Å². The lowest BCUT2D eigenvalue weighted by atomic mass is 9.71. The minimum Gasteiger partial charge on any atom is -0.347 e. The minimum atomic E-state index is -0.959. The van der Waals surface area contributed by atoms with Gasteiger partial charge in [0.15, 0.2) is 6.23 Å². The molecule has 224 valence electrons. The summed E-state index contributed by atoms with van der Waals surface area (Å²) in [4.78, 5) is 72.5. The second-order valence-corrected chi connectivity index (χ2v) is 11.0. The highest BCUT2D eigenvalue weighted by atomic mass is 16.5. The predicted molar refractivity (Wildman–Crippen MR) is 156 cm³/mol. The van der Waals surface area contributed by atoms with Gasteiger partial charge in [0.05, 0.1) is 18.3 Å². The summed E-state index contributed by atoms with van der Waals surface area (Å²) in [6.45, 7) is 5.52. The molecule has 0 radical (unpaired) electrons. The Hall–Kier alpha value is -3.89. The fraction of sp³-hybridized carbons (Fsp3) is 0.469. The second kappa shape index (κ2) is 13.8. The Morgan fingerprint density at radius 3 is 1.79 bits per heavy atom. The van der Waals surface area contributed by atoms with Gasteiger partial charge < -0.3 is 14.5 Å². The fourth-order valence-electron chi connectivity index (χ4n) is 5.57. The van der Waals surface area contributed by atoms with Crippen molar-refractivity contribution in [3.05, 3.63) is 71.8 Å². The monoisotopic (exact) mass is 576 g/mol. The van der Waals surface area contributed by atoms with E-state index in [2.05, 4.69) is 4.90 Å². The molecule has 0 bridgehead atoms. The van der Waals surface area contributed by atoms with E-state index in [-0.39, 0.29) is 25.4 Å². The van der Waals surface area contributed by atoms with Crippen LogP contribution in [-0.4, -0.2) is 102 Å². The lowest BCUT2D eigenvalue weighted by Crippen LogP contribution is -2.72. The summed E-state index contributed by atoms with van der Waals surface area (Å²) >= 11 is 0. The van der Waals surface area contributed by atoms with Gasteiger partial charge in [0.25, 0.3) is 5.91 Å². The molecular weight excluding hydrogens is 536 g/mol. The number of imide groups is 2. The first-order valence-corrected chi connectivity index (χ1v) is 14.6. The summed E-state index contributed by atoms with van der Waals surface area (Å²) in [5.74, 6) is -2.40.